The summed E-state index contributed by atoms with van der Waals surface area (Å²) in [6.07, 6.45) is 1.42. The summed E-state index contributed by atoms with van der Waals surface area (Å²) in [5.74, 6) is -2.81. The summed E-state index contributed by atoms with van der Waals surface area (Å²) in [5, 5.41) is 14.4. The number of ether oxygens (including phenoxy) is 1. The Bertz CT molecular complexity index is 1340. The van der Waals surface area contributed by atoms with Crippen LogP contribution in [-0.2, 0) is 23.9 Å². The normalized spacial score (nSPS) is 23.2. The van der Waals surface area contributed by atoms with Crippen LogP contribution >= 0.6 is 57.9 Å². The number of esters is 1. The molecule has 3 heterocycles. The molecular formula is C22H19Cl3N4O6S2. The minimum absolute atomic E-state index is 0.0563. The number of nitrogens with two attached hydrogens (primary N) is 1. The van der Waals surface area contributed by atoms with Crippen molar-refractivity contribution < 1.29 is 29.0 Å². The van der Waals surface area contributed by atoms with Gasteiger partial charge in [0.25, 0.3) is 5.91 Å². The summed E-state index contributed by atoms with van der Waals surface area (Å²) in [5.41, 5.74) is 4.92. The van der Waals surface area contributed by atoms with Crippen molar-refractivity contribution in [3.05, 3.63) is 43.8 Å². The highest BCUT2D eigenvalue weighted by Crippen LogP contribution is 2.43. The second-order valence-corrected chi connectivity index (χ2v) is 11.6. The first-order chi connectivity index (χ1) is 17.4. The second-order valence-electron chi connectivity index (χ2n) is 8.37. The molecule has 4 N–H and O–H groups in total. The lowest BCUT2D eigenvalue weighted by Crippen LogP contribution is -2.74. The number of anilines is 1. The van der Waals surface area contributed by atoms with Gasteiger partial charge in [-0.15, -0.1) is 23.1 Å². The van der Waals surface area contributed by atoms with Crippen LogP contribution in [0.5, 0.6) is 0 Å². The zero-order chi connectivity index (χ0) is 27.1. The standard InChI is InChI=1S/C22H19Cl3N4O6S2/c1-9(30)35-7-22(20(33)34)6-29-18(32)16(19(29)37-8-22)28-17(31)11(14-5-36-21(26)27-14)4-10-12(23)2-3-13(24)15(10)25/h2-5,16,19H,6-8H2,1H3,(H2,26,27)(H,28,31)(H,33,34)/t16?,19-,22?/m1/s1. The van der Waals surface area contributed by atoms with Crippen molar-refractivity contribution in [2.45, 2.75) is 18.3 Å². The molecule has 2 aromatic rings. The molecule has 4 rings (SSSR count). The smallest absolute Gasteiger partial charge is 0.315 e. The minimum atomic E-state index is -1.44. The molecule has 2 amide bonds. The first-order valence-electron chi connectivity index (χ1n) is 10.6. The molecule has 15 heteroatoms. The van der Waals surface area contributed by atoms with Crippen molar-refractivity contribution in [3.8, 4) is 0 Å². The molecule has 1 aromatic carbocycles. The largest absolute Gasteiger partial charge is 0.481 e. The number of benzene rings is 1. The third kappa shape index (κ3) is 5.39. The Morgan fingerprint density at radius 3 is 2.65 bits per heavy atom. The van der Waals surface area contributed by atoms with E-state index in [1.54, 1.807) is 5.38 Å². The highest BCUT2D eigenvalue weighted by atomic mass is 35.5. The molecular weight excluding hydrogens is 587 g/mol. The molecule has 0 spiro atoms. The van der Waals surface area contributed by atoms with Crippen LogP contribution in [-0.4, -0.2) is 69.1 Å². The monoisotopic (exact) mass is 604 g/mol. The molecule has 196 valence electrons. The third-order valence-corrected chi connectivity index (χ3v) is 9.26. The number of carboxylic acids is 1. The molecule has 2 unspecified atom stereocenters. The Balaban J connectivity index is 1.57. The molecule has 0 saturated carbocycles. The van der Waals surface area contributed by atoms with Gasteiger partial charge in [0, 0.05) is 35.2 Å². The summed E-state index contributed by atoms with van der Waals surface area (Å²) >= 11 is 21.0. The number of fused-ring (bicyclic) bond motifs is 1. The predicted molar refractivity (Wildman–Crippen MR) is 142 cm³/mol. The number of rotatable bonds is 7. The van der Waals surface area contributed by atoms with Gasteiger partial charge >= 0.3 is 11.9 Å². The Morgan fingerprint density at radius 1 is 1.32 bits per heavy atom. The van der Waals surface area contributed by atoms with Crippen molar-refractivity contribution >= 4 is 98.4 Å². The Labute approximate surface area is 234 Å². The van der Waals surface area contributed by atoms with Crippen LogP contribution in [0, 0.1) is 5.41 Å². The number of hydrogen-bond donors (Lipinski definition) is 3. The second kappa shape index (κ2) is 10.7. The van der Waals surface area contributed by atoms with E-state index in [0.717, 1.165) is 11.3 Å². The minimum Gasteiger partial charge on any atom is -0.481 e. The third-order valence-electron chi connectivity index (χ3n) is 5.85. The number of nitrogens with one attached hydrogen (secondary N) is 1. The van der Waals surface area contributed by atoms with E-state index in [2.05, 4.69) is 10.3 Å². The summed E-state index contributed by atoms with van der Waals surface area (Å²) in [4.78, 5) is 55.1. The van der Waals surface area contributed by atoms with Gasteiger partial charge in [-0.05, 0) is 18.2 Å². The fraction of sp³-hybridized carbons (Fsp3) is 0.318. The Hall–Kier alpha value is -2.51. The van der Waals surface area contributed by atoms with E-state index >= 15 is 0 Å². The first-order valence-corrected chi connectivity index (χ1v) is 13.7. The van der Waals surface area contributed by atoms with E-state index in [4.69, 9.17) is 45.3 Å². The summed E-state index contributed by atoms with van der Waals surface area (Å²) < 4.78 is 4.95. The van der Waals surface area contributed by atoms with Gasteiger partial charge in [0.1, 0.15) is 23.4 Å². The van der Waals surface area contributed by atoms with Crippen LogP contribution in [0.4, 0.5) is 5.13 Å². The Morgan fingerprint density at radius 2 is 2.03 bits per heavy atom. The molecule has 37 heavy (non-hydrogen) atoms. The number of nitrogens with zero attached hydrogens (tertiary/aromatic N) is 2. The molecule has 3 atom stereocenters. The van der Waals surface area contributed by atoms with Crippen LogP contribution in [0.3, 0.4) is 0 Å². The molecule has 0 radical (unpaired) electrons. The van der Waals surface area contributed by atoms with E-state index in [1.807, 2.05) is 0 Å². The molecule has 2 aliphatic rings. The highest BCUT2D eigenvalue weighted by molar-refractivity contribution is 8.00. The van der Waals surface area contributed by atoms with Crippen molar-refractivity contribution in [2.24, 2.45) is 5.41 Å². The lowest BCUT2D eigenvalue weighted by molar-refractivity contribution is -0.164. The van der Waals surface area contributed by atoms with Gasteiger partial charge in [0.15, 0.2) is 5.13 Å². The number of thioether (sulfide) groups is 1. The Kier molecular flexibility index (Phi) is 7.96. The number of aliphatic carboxylic acids is 1. The fourth-order valence-electron chi connectivity index (χ4n) is 3.85. The quantitative estimate of drug-likeness (QED) is 0.187. The average molecular weight is 606 g/mol. The number of carbonyl (C=O) groups is 4. The van der Waals surface area contributed by atoms with Crippen LogP contribution < -0.4 is 11.1 Å². The first kappa shape index (κ1) is 27.5. The van der Waals surface area contributed by atoms with E-state index in [1.165, 1.54) is 41.8 Å². The zero-order valence-electron chi connectivity index (χ0n) is 19.0. The lowest BCUT2D eigenvalue weighted by atomic mass is 9.88. The van der Waals surface area contributed by atoms with E-state index in [-0.39, 0.29) is 55.9 Å². The molecule has 1 aromatic heterocycles. The number of β-lactam (4-membered cyclic amide) rings is 1. The number of nitrogen functional groups attached to an aromatic ring is 1. The van der Waals surface area contributed by atoms with E-state index in [0.29, 0.717) is 0 Å². The molecule has 2 aliphatic heterocycles. The van der Waals surface area contributed by atoms with Crippen molar-refractivity contribution in [3.63, 3.8) is 0 Å². The molecule has 2 fully saturated rings. The molecule has 0 bridgehead atoms. The van der Waals surface area contributed by atoms with Gasteiger partial charge in [-0.25, -0.2) is 4.98 Å². The maximum absolute atomic E-state index is 13.4. The number of carboxylic acid groups (broad SMARTS) is 1. The van der Waals surface area contributed by atoms with Crippen molar-refractivity contribution in [2.75, 3.05) is 24.6 Å². The maximum atomic E-state index is 13.4. The van der Waals surface area contributed by atoms with Crippen LogP contribution in [0.2, 0.25) is 15.1 Å². The molecule has 0 aliphatic carbocycles. The molecule has 2 saturated heterocycles. The number of halogens is 3. The van der Waals surface area contributed by atoms with Crippen LogP contribution in [0.25, 0.3) is 11.6 Å². The maximum Gasteiger partial charge on any atom is 0.315 e. The van der Waals surface area contributed by atoms with E-state index in [9.17, 15) is 24.3 Å². The summed E-state index contributed by atoms with van der Waals surface area (Å²) in [6.45, 7) is 0.661. The number of amides is 2. The molecule has 10 nitrogen and oxygen atoms in total. The van der Waals surface area contributed by atoms with Crippen LogP contribution in [0.15, 0.2) is 17.5 Å². The van der Waals surface area contributed by atoms with Crippen molar-refractivity contribution in [1.82, 2.24) is 15.2 Å². The van der Waals surface area contributed by atoms with Crippen LogP contribution in [0.1, 0.15) is 18.2 Å². The lowest BCUT2D eigenvalue weighted by Gasteiger charge is -2.53. The van der Waals surface area contributed by atoms with Gasteiger partial charge in [0.2, 0.25) is 5.91 Å². The zero-order valence-corrected chi connectivity index (χ0v) is 22.9. The van der Waals surface area contributed by atoms with Gasteiger partial charge < -0.3 is 25.8 Å². The van der Waals surface area contributed by atoms with Crippen molar-refractivity contribution in [1.29, 1.82) is 0 Å². The highest BCUT2D eigenvalue weighted by Gasteiger charge is 2.58. The van der Waals surface area contributed by atoms with E-state index < -0.39 is 40.6 Å². The number of carbonyl (C=O) groups excluding carboxylic acids is 3. The summed E-state index contributed by atoms with van der Waals surface area (Å²) in [7, 11) is 0. The van der Waals surface area contributed by atoms with Gasteiger partial charge in [-0.1, -0.05) is 34.8 Å². The number of hydrogen-bond acceptors (Lipinski definition) is 9. The predicted octanol–water partition coefficient (Wildman–Crippen LogP) is 3.26. The van der Waals surface area contributed by atoms with Gasteiger partial charge in [-0.2, -0.15) is 0 Å². The van der Waals surface area contributed by atoms with Gasteiger partial charge in [-0.3, -0.25) is 19.2 Å². The van der Waals surface area contributed by atoms with Gasteiger partial charge in [0.05, 0.1) is 21.3 Å². The number of thiazole rings is 1. The SMILES string of the molecule is CC(=O)OCC1(C(=O)O)CS[C@@H]2C(NC(=O)C(=Cc3c(Cl)ccc(Cl)c3Cl)c3csc(N)n3)C(=O)N2C1. The number of aromatic nitrogens is 1. The average Bonchev–Trinajstić information content (AvgIpc) is 3.28. The summed E-state index contributed by atoms with van der Waals surface area (Å²) in [6, 6.07) is 2.14. The fourth-order valence-corrected chi connectivity index (χ4v) is 6.58. The topological polar surface area (TPSA) is 152 Å².